The molecule has 0 unspecified atom stereocenters. The van der Waals surface area contributed by atoms with Crippen molar-refractivity contribution in [2.75, 3.05) is 0 Å². The minimum atomic E-state index is -0.263. The van der Waals surface area contributed by atoms with Crippen LogP contribution in [0, 0.1) is 0 Å². The van der Waals surface area contributed by atoms with E-state index in [9.17, 15) is 9.90 Å². The Labute approximate surface area is 125 Å². The van der Waals surface area contributed by atoms with Crippen LogP contribution in [0.15, 0.2) is 42.9 Å². The molecular formula is C14H11ClN4O2. The number of carbonyl (C=O) groups excluding carboxylic acids is 1. The van der Waals surface area contributed by atoms with Gasteiger partial charge in [0, 0.05) is 24.2 Å². The first kappa shape index (κ1) is 13.4. The first-order chi connectivity index (χ1) is 10.1. The molecule has 106 valence electrons. The average molecular weight is 303 g/mol. The maximum Gasteiger partial charge on any atom is 0.251 e. The van der Waals surface area contributed by atoms with E-state index in [2.05, 4.69) is 15.3 Å². The number of amides is 1. The zero-order valence-electron chi connectivity index (χ0n) is 10.8. The van der Waals surface area contributed by atoms with Crippen molar-refractivity contribution in [1.82, 2.24) is 19.7 Å². The van der Waals surface area contributed by atoms with Crippen LogP contribution >= 0.6 is 11.6 Å². The Kier molecular flexibility index (Phi) is 3.45. The standard InChI is InChI=1S/C14H11ClN4O2/c15-12-6-9(3-4-16-12)14(21)17-7-10-8-19-5-1-2-11(20)13(19)18-10/h1-6,8,20H,7H2,(H,17,21). The molecule has 1 amide bonds. The second kappa shape index (κ2) is 5.41. The SMILES string of the molecule is O=C(NCc1cn2cccc(O)c2n1)c1ccnc(Cl)c1. The summed E-state index contributed by atoms with van der Waals surface area (Å²) in [5, 5.41) is 12.7. The van der Waals surface area contributed by atoms with Crippen LogP contribution in [0.2, 0.25) is 5.15 Å². The predicted octanol–water partition coefficient (Wildman–Crippen LogP) is 2.02. The van der Waals surface area contributed by atoms with Crippen LogP contribution in [0.25, 0.3) is 5.65 Å². The Morgan fingerprint density at radius 2 is 2.29 bits per heavy atom. The van der Waals surface area contributed by atoms with Gasteiger partial charge in [-0.3, -0.25) is 4.79 Å². The van der Waals surface area contributed by atoms with Crippen molar-refractivity contribution in [1.29, 1.82) is 0 Å². The van der Waals surface area contributed by atoms with E-state index in [0.717, 1.165) is 0 Å². The molecule has 0 radical (unpaired) electrons. The minimum Gasteiger partial charge on any atom is -0.504 e. The Bertz CT molecular complexity index is 816. The van der Waals surface area contributed by atoms with E-state index in [1.807, 2.05) is 0 Å². The Balaban J connectivity index is 1.74. The molecule has 0 saturated heterocycles. The van der Waals surface area contributed by atoms with E-state index in [1.165, 1.54) is 12.3 Å². The second-order valence-corrected chi connectivity index (χ2v) is 4.79. The first-order valence-corrected chi connectivity index (χ1v) is 6.56. The Morgan fingerprint density at radius 1 is 1.43 bits per heavy atom. The van der Waals surface area contributed by atoms with Crippen molar-refractivity contribution in [2.24, 2.45) is 0 Å². The van der Waals surface area contributed by atoms with Gasteiger partial charge in [-0.15, -0.1) is 0 Å². The van der Waals surface area contributed by atoms with Gasteiger partial charge in [0.25, 0.3) is 5.91 Å². The summed E-state index contributed by atoms with van der Waals surface area (Å²) in [6.45, 7) is 0.250. The maximum absolute atomic E-state index is 12.0. The number of nitrogens with one attached hydrogen (secondary N) is 1. The van der Waals surface area contributed by atoms with Gasteiger partial charge in [0.1, 0.15) is 5.15 Å². The molecule has 2 N–H and O–H groups in total. The molecule has 0 saturated carbocycles. The van der Waals surface area contributed by atoms with E-state index in [1.54, 1.807) is 35.0 Å². The smallest absolute Gasteiger partial charge is 0.251 e. The number of carbonyl (C=O) groups is 1. The van der Waals surface area contributed by atoms with Crippen molar-refractivity contribution in [3.8, 4) is 5.75 Å². The molecule has 0 aliphatic heterocycles. The lowest BCUT2D eigenvalue weighted by Gasteiger charge is -2.02. The van der Waals surface area contributed by atoms with Crippen LogP contribution < -0.4 is 5.32 Å². The number of imidazole rings is 1. The zero-order valence-corrected chi connectivity index (χ0v) is 11.6. The summed E-state index contributed by atoms with van der Waals surface area (Å²) in [7, 11) is 0. The van der Waals surface area contributed by atoms with Gasteiger partial charge in [-0.1, -0.05) is 11.6 Å². The summed E-state index contributed by atoms with van der Waals surface area (Å²) in [5.41, 5.74) is 1.53. The lowest BCUT2D eigenvalue weighted by molar-refractivity contribution is 0.0950. The summed E-state index contributed by atoms with van der Waals surface area (Å²) in [6.07, 6.45) is 4.99. The highest BCUT2D eigenvalue weighted by molar-refractivity contribution is 6.29. The molecule has 3 aromatic rings. The number of nitrogens with zero attached hydrogens (tertiary/aromatic N) is 3. The average Bonchev–Trinajstić information content (AvgIpc) is 2.89. The fraction of sp³-hybridized carbons (Fsp3) is 0.0714. The van der Waals surface area contributed by atoms with Crippen molar-refractivity contribution >= 4 is 23.2 Å². The first-order valence-electron chi connectivity index (χ1n) is 6.19. The third kappa shape index (κ3) is 2.80. The summed E-state index contributed by atoms with van der Waals surface area (Å²) < 4.78 is 1.69. The lowest BCUT2D eigenvalue weighted by Crippen LogP contribution is -2.22. The van der Waals surface area contributed by atoms with Gasteiger partial charge in [-0.05, 0) is 24.3 Å². The zero-order chi connectivity index (χ0) is 14.8. The molecule has 3 rings (SSSR count). The molecular weight excluding hydrogens is 292 g/mol. The fourth-order valence-corrected chi connectivity index (χ4v) is 2.12. The minimum absolute atomic E-state index is 0.0935. The second-order valence-electron chi connectivity index (χ2n) is 4.41. The van der Waals surface area contributed by atoms with E-state index in [4.69, 9.17) is 11.6 Å². The molecule has 21 heavy (non-hydrogen) atoms. The lowest BCUT2D eigenvalue weighted by atomic mass is 10.2. The van der Waals surface area contributed by atoms with Gasteiger partial charge in [0.2, 0.25) is 0 Å². The van der Waals surface area contributed by atoms with Gasteiger partial charge in [0.15, 0.2) is 11.4 Å². The predicted molar refractivity (Wildman–Crippen MR) is 77.3 cm³/mol. The molecule has 3 aromatic heterocycles. The number of rotatable bonds is 3. The molecule has 6 nitrogen and oxygen atoms in total. The van der Waals surface area contributed by atoms with Crippen LogP contribution in [-0.4, -0.2) is 25.4 Å². The monoisotopic (exact) mass is 302 g/mol. The van der Waals surface area contributed by atoms with E-state index < -0.39 is 0 Å². The summed E-state index contributed by atoms with van der Waals surface area (Å²) in [4.78, 5) is 20.0. The number of halogens is 1. The molecule has 0 aliphatic rings. The third-order valence-electron chi connectivity index (χ3n) is 2.93. The summed E-state index contributed by atoms with van der Waals surface area (Å²) >= 11 is 5.74. The topological polar surface area (TPSA) is 79.5 Å². The number of fused-ring (bicyclic) bond motifs is 1. The van der Waals surface area contributed by atoms with E-state index in [0.29, 0.717) is 16.9 Å². The van der Waals surface area contributed by atoms with Crippen LogP contribution in [0.4, 0.5) is 0 Å². The van der Waals surface area contributed by atoms with Gasteiger partial charge in [-0.2, -0.15) is 0 Å². The van der Waals surface area contributed by atoms with Crippen molar-refractivity contribution < 1.29 is 9.90 Å². The molecule has 0 aromatic carbocycles. The van der Waals surface area contributed by atoms with Gasteiger partial charge >= 0.3 is 0 Å². The molecule has 0 aliphatic carbocycles. The highest BCUT2D eigenvalue weighted by atomic mass is 35.5. The third-order valence-corrected chi connectivity index (χ3v) is 3.14. The largest absolute Gasteiger partial charge is 0.504 e. The highest BCUT2D eigenvalue weighted by Gasteiger charge is 2.09. The molecule has 0 bridgehead atoms. The van der Waals surface area contributed by atoms with Crippen LogP contribution in [0.1, 0.15) is 16.1 Å². The number of hydrogen-bond acceptors (Lipinski definition) is 4. The van der Waals surface area contributed by atoms with Crippen LogP contribution in [0.3, 0.4) is 0 Å². The van der Waals surface area contributed by atoms with Gasteiger partial charge in [0.05, 0.1) is 12.2 Å². The molecule has 3 heterocycles. The molecule has 0 fully saturated rings. The van der Waals surface area contributed by atoms with Crippen molar-refractivity contribution in [3.05, 3.63) is 59.3 Å². The Morgan fingerprint density at radius 3 is 3.05 bits per heavy atom. The van der Waals surface area contributed by atoms with Crippen LogP contribution in [0.5, 0.6) is 5.75 Å². The van der Waals surface area contributed by atoms with Crippen molar-refractivity contribution in [2.45, 2.75) is 6.54 Å². The number of aromatic nitrogens is 3. The molecule has 7 heteroatoms. The van der Waals surface area contributed by atoms with Crippen LogP contribution in [-0.2, 0) is 6.54 Å². The van der Waals surface area contributed by atoms with Crippen molar-refractivity contribution in [3.63, 3.8) is 0 Å². The molecule has 0 atom stereocenters. The summed E-state index contributed by atoms with van der Waals surface area (Å²) in [5.74, 6) is -0.170. The molecule has 0 spiro atoms. The number of aromatic hydroxyl groups is 1. The normalized spacial score (nSPS) is 10.7. The van der Waals surface area contributed by atoms with Gasteiger partial charge < -0.3 is 14.8 Å². The van der Waals surface area contributed by atoms with E-state index in [-0.39, 0.29) is 23.4 Å². The van der Waals surface area contributed by atoms with E-state index >= 15 is 0 Å². The summed E-state index contributed by atoms with van der Waals surface area (Å²) in [6, 6.07) is 6.35. The van der Waals surface area contributed by atoms with Gasteiger partial charge in [-0.25, -0.2) is 9.97 Å². The maximum atomic E-state index is 12.0. The fourth-order valence-electron chi connectivity index (χ4n) is 1.95. The highest BCUT2D eigenvalue weighted by Crippen LogP contribution is 2.16. The number of pyridine rings is 2. The number of hydrogen-bond donors (Lipinski definition) is 2. The Hall–Kier alpha value is -2.60. The quantitative estimate of drug-likeness (QED) is 0.725.